The molecular weight excluding hydrogens is 239 g/mol. The molecule has 0 bridgehead atoms. The Bertz CT molecular complexity index is 264. The lowest BCUT2D eigenvalue weighted by Crippen LogP contribution is -2.48. The van der Waals surface area contributed by atoms with Crippen LogP contribution in [0.2, 0.25) is 0 Å². The van der Waals surface area contributed by atoms with Crippen LogP contribution in [-0.4, -0.2) is 45.1 Å². The Morgan fingerprint density at radius 3 is 2.59 bits per heavy atom. The van der Waals surface area contributed by atoms with Crippen molar-refractivity contribution in [3.05, 3.63) is 0 Å². The van der Waals surface area contributed by atoms with Crippen molar-refractivity contribution < 1.29 is 27.4 Å². The molecule has 0 atom stereocenters. The molecule has 1 fully saturated rings. The highest BCUT2D eigenvalue weighted by Gasteiger charge is 2.33. The normalized spacial score (nSPS) is 18.6. The van der Waals surface area contributed by atoms with Gasteiger partial charge in [-0.15, -0.1) is 0 Å². The molecule has 17 heavy (non-hydrogen) atoms. The van der Waals surface area contributed by atoms with Crippen LogP contribution in [0.1, 0.15) is 13.3 Å². The summed E-state index contributed by atoms with van der Waals surface area (Å²) in [6.07, 6.45) is -4.40. The average Bonchev–Trinajstić information content (AvgIpc) is 2.17. The zero-order valence-corrected chi connectivity index (χ0v) is 9.60. The summed E-state index contributed by atoms with van der Waals surface area (Å²) in [7, 11) is 0. The van der Waals surface area contributed by atoms with E-state index in [-0.39, 0.29) is 24.3 Å². The lowest BCUT2D eigenvalue weighted by Gasteiger charge is -2.38. The van der Waals surface area contributed by atoms with Crippen molar-refractivity contribution in [1.29, 1.82) is 0 Å². The minimum atomic E-state index is -4.34. The fourth-order valence-electron chi connectivity index (χ4n) is 1.31. The molecule has 0 aromatic rings. The Hall–Kier alpha value is -0.820. The number of nitrogens with one attached hydrogen (secondary N) is 1. The summed E-state index contributed by atoms with van der Waals surface area (Å²) in [5.41, 5.74) is -0.0392. The molecule has 1 aliphatic heterocycles. The molecule has 0 saturated carbocycles. The standard InChI is InChI=1S/C10H16F3NO3/c1-9(5-17-6-9)4-14-8(15)2-3-16-7-10(11,12)13/h2-7H2,1H3,(H,14,15). The van der Waals surface area contributed by atoms with Crippen LogP contribution in [0.3, 0.4) is 0 Å². The third-order valence-electron chi connectivity index (χ3n) is 2.35. The highest BCUT2D eigenvalue weighted by atomic mass is 19.4. The maximum atomic E-state index is 11.7. The van der Waals surface area contributed by atoms with Crippen LogP contribution in [0.25, 0.3) is 0 Å². The average molecular weight is 255 g/mol. The Kier molecular flexibility index (Phi) is 4.76. The van der Waals surface area contributed by atoms with Gasteiger partial charge < -0.3 is 14.8 Å². The second-order valence-corrected chi connectivity index (χ2v) is 4.50. The summed E-state index contributed by atoms with van der Waals surface area (Å²) in [4.78, 5) is 11.2. The van der Waals surface area contributed by atoms with E-state index >= 15 is 0 Å². The zero-order valence-electron chi connectivity index (χ0n) is 9.60. The molecule has 1 rings (SSSR count). The molecule has 0 aliphatic carbocycles. The van der Waals surface area contributed by atoms with E-state index in [4.69, 9.17) is 4.74 Å². The van der Waals surface area contributed by atoms with Gasteiger partial charge in [0.15, 0.2) is 0 Å². The van der Waals surface area contributed by atoms with Gasteiger partial charge in [-0.05, 0) is 0 Å². The van der Waals surface area contributed by atoms with Crippen LogP contribution >= 0.6 is 0 Å². The number of halogens is 3. The van der Waals surface area contributed by atoms with Crippen LogP contribution < -0.4 is 5.32 Å². The van der Waals surface area contributed by atoms with Crippen molar-refractivity contribution in [1.82, 2.24) is 5.32 Å². The van der Waals surface area contributed by atoms with Crippen molar-refractivity contribution >= 4 is 5.91 Å². The Labute approximate surface area is 97.5 Å². The highest BCUT2D eigenvalue weighted by molar-refractivity contribution is 5.76. The lowest BCUT2D eigenvalue weighted by molar-refractivity contribution is -0.174. The molecule has 7 heteroatoms. The molecule has 0 aromatic heterocycles. The number of ether oxygens (including phenoxy) is 2. The third-order valence-corrected chi connectivity index (χ3v) is 2.35. The van der Waals surface area contributed by atoms with Crippen LogP contribution in [-0.2, 0) is 14.3 Å². The molecule has 100 valence electrons. The molecule has 1 saturated heterocycles. The van der Waals surface area contributed by atoms with Crippen molar-refractivity contribution in [2.24, 2.45) is 5.41 Å². The van der Waals surface area contributed by atoms with Gasteiger partial charge in [0.1, 0.15) is 6.61 Å². The minimum absolute atomic E-state index is 0.0392. The smallest absolute Gasteiger partial charge is 0.380 e. The van der Waals surface area contributed by atoms with E-state index < -0.39 is 12.8 Å². The first-order valence-electron chi connectivity index (χ1n) is 5.30. The summed E-state index contributed by atoms with van der Waals surface area (Å²) >= 11 is 0. The van der Waals surface area contributed by atoms with Crippen molar-refractivity contribution in [3.63, 3.8) is 0 Å². The first kappa shape index (κ1) is 14.2. The third kappa shape index (κ3) is 5.88. The molecule has 1 amide bonds. The Morgan fingerprint density at radius 2 is 2.12 bits per heavy atom. The van der Waals surface area contributed by atoms with Gasteiger partial charge in [0.25, 0.3) is 0 Å². The number of hydrogen-bond acceptors (Lipinski definition) is 3. The number of alkyl halides is 3. The number of hydrogen-bond donors (Lipinski definition) is 1. The molecule has 4 nitrogen and oxygen atoms in total. The zero-order chi connectivity index (χ0) is 12.9. The molecule has 0 spiro atoms. The first-order valence-corrected chi connectivity index (χ1v) is 5.30. The van der Waals surface area contributed by atoms with Gasteiger partial charge in [0.2, 0.25) is 5.91 Å². The molecule has 1 N–H and O–H groups in total. The van der Waals surface area contributed by atoms with Crippen LogP contribution in [0.5, 0.6) is 0 Å². The maximum Gasteiger partial charge on any atom is 0.411 e. The summed E-state index contributed by atoms with van der Waals surface area (Å²) < 4.78 is 44.4. The summed E-state index contributed by atoms with van der Waals surface area (Å²) in [5.74, 6) is -0.305. The quantitative estimate of drug-likeness (QED) is 0.723. The number of carbonyl (C=O) groups excluding carboxylic acids is 1. The monoisotopic (exact) mass is 255 g/mol. The maximum absolute atomic E-state index is 11.7. The van der Waals surface area contributed by atoms with Crippen molar-refractivity contribution in [2.45, 2.75) is 19.5 Å². The molecule has 0 radical (unpaired) electrons. The molecule has 1 aliphatic rings. The van der Waals surface area contributed by atoms with Gasteiger partial charge in [-0.25, -0.2) is 0 Å². The van der Waals surface area contributed by atoms with Crippen molar-refractivity contribution in [2.75, 3.05) is 33.0 Å². The van der Waals surface area contributed by atoms with Gasteiger partial charge in [-0.3, -0.25) is 4.79 Å². The van der Waals surface area contributed by atoms with E-state index in [0.29, 0.717) is 19.8 Å². The van der Waals surface area contributed by atoms with Crippen LogP contribution in [0.4, 0.5) is 13.2 Å². The van der Waals surface area contributed by atoms with E-state index in [1.165, 1.54) is 0 Å². The molecule has 0 aromatic carbocycles. The number of carbonyl (C=O) groups is 1. The summed E-state index contributed by atoms with van der Waals surface area (Å²) in [6.45, 7) is 2.10. The summed E-state index contributed by atoms with van der Waals surface area (Å²) in [5, 5.41) is 2.64. The van der Waals surface area contributed by atoms with E-state index in [0.717, 1.165) is 0 Å². The van der Waals surface area contributed by atoms with Crippen LogP contribution in [0.15, 0.2) is 0 Å². The van der Waals surface area contributed by atoms with E-state index in [9.17, 15) is 18.0 Å². The summed E-state index contributed by atoms with van der Waals surface area (Å²) in [6, 6.07) is 0. The van der Waals surface area contributed by atoms with E-state index in [1.807, 2.05) is 6.92 Å². The van der Waals surface area contributed by atoms with Crippen molar-refractivity contribution in [3.8, 4) is 0 Å². The molecular formula is C10H16F3NO3. The van der Waals surface area contributed by atoms with Crippen LogP contribution in [0, 0.1) is 5.41 Å². The first-order chi connectivity index (χ1) is 7.81. The fourth-order valence-corrected chi connectivity index (χ4v) is 1.31. The predicted octanol–water partition coefficient (Wildman–Crippen LogP) is 1.11. The highest BCUT2D eigenvalue weighted by Crippen LogP contribution is 2.24. The number of rotatable bonds is 6. The Morgan fingerprint density at radius 1 is 1.47 bits per heavy atom. The fraction of sp³-hybridized carbons (Fsp3) is 0.900. The number of amides is 1. The van der Waals surface area contributed by atoms with Gasteiger partial charge in [0, 0.05) is 18.4 Å². The van der Waals surface area contributed by atoms with Gasteiger partial charge in [0.05, 0.1) is 19.8 Å². The largest absolute Gasteiger partial charge is 0.411 e. The van der Waals surface area contributed by atoms with Gasteiger partial charge >= 0.3 is 6.18 Å². The lowest BCUT2D eigenvalue weighted by atomic mass is 9.89. The minimum Gasteiger partial charge on any atom is -0.380 e. The Balaban J connectivity index is 2.01. The SMILES string of the molecule is CC1(CNC(=O)CCOCC(F)(F)F)COC1. The molecule has 1 heterocycles. The second-order valence-electron chi connectivity index (χ2n) is 4.50. The topological polar surface area (TPSA) is 47.6 Å². The van der Waals surface area contributed by atoms with E-state index in [2.05, 4.69) is 10.1 Å². The van der Waals surface area contributed by atoms with E-state index in [1.54, 1.807) is 0 Å². The molecule has 0 unspecified atom stereocenters. The second kappa shape index (κ2) is 5.68. The van der Waals surface area contributed by atoms with Gasteiger partial charge in [-0.1, -0.05) is 6.92 Å². The van der Waals surface area contributed by atoms with Gasteiger partial charge in [-0.2, -0.15) is 13.2 Å². The predicted molar refractivity (Wildman–Crippen MR) is 53.4 cm³/mol.